The maximum absolute atomic E-state index is 12.9. The fourth-order valence-electron chi connectivity index (χ4n) is 3.40. The highest BCUT2D eigenvalue weighted by Gasteiger charge is 2.18. The van der Waals surface area contributed by atoms with Crippen LogP contribution < -0.4 is 10.1 Å². The molecule has 4 rings (SSSR count). The Morgan fingerprint density at radius 1 is 1.07 bits per heavy atom. The van der Waals surface area contributed by atoms with Gasteiger partial charge in [-0.05, 0) is 36.9 Å². The van der Waals surface area contributed by atoms with Gasteiger partial charge in [-0.25, -0.2) is 4.98 Å². The highest BCUT2D eigenvalue weighted by atomic mass is 16.5. The van der Waals surface area contributed by atoms with E-state index in [9.17, 15) is 4.79 Å². The minimum absolute atomic E-state index is 0.292. The number of carbonyl (C=O) groups excluding carboxylic acids is 1. The van der Waals surface area contributed by atoms with Crippen molar-refractivity contribution in [3.63, 3.8) is 0 Å². The smallest absolute Gasteiger partial charge is 0.274 e. The minimum Gasteiger partial charge on any atom is -0.481 e. The quantitative estimate of drug-likeness (QED) is 0.553. The lowest BCUT2D eigenvalue weighted by Crippen LogP contribution is -2.15. The predicted molar refractivity (Wildman–Crippen MR) is 113 cm³/mol. The molecule has 0 aliphatic heterocycles. The number of pyridine rings is 1. The molecule has 1 amide bonds. The third-order valence-corrected chi connectivity index (χ3v) is 4.93. The molecule has 2 aromatic heterocycles. The molecular weight excluding hydrogens is 364 g/mol. The number of rotatable bonds is 5. The van der Waals surface area contributed by atoms with E-state index in [-0.39, 0.29) is 5.91 Å². The molecular formula is C23H22N4O2. The molecule has 0 radical (unpaired) electrons. The van der Waals surface area contributed by atoms with Crippen molar-refractivity contribution in [2.75, 3.05) is 12.4 Å². The predicted octanol–water partition coefficient (Wildman–Crippen LogP) is 4.36. The number of amides is 1. The van der Waals surface area contributed by atoms with Crippen molar-refractivity contribution in [1.82, 2.24) is 14.8 Å². The van der Waals surface area contributed by atoms with Crippen LogP contribution >= 0.6 is 0 Å². The molecule has 0 spiro atoms. The lowest BCUT2D eigenvalue weighted by Gasteiger charge is -2.10. The Kier molecular flexibility index (Phi) is 4.99. The van der Waals surface area contributed by atoms with Gasteiger partial charge in [0.2, 0.25) is 5.88 Å². The first-order chi connectivity index (χ1) is 14.1. The summed E-state index contributed by atoms with van der Waals surface area (Å²) in [5, 5.41) is 9.34. The average molecular weight is 386 g/mol. The van der Waals surface area contributed by atoms with E-state index >= 15 is 0 Å². The zero-order valence-electron chi connectivity index (χ0n) is 16.6. The summed E-state index contributed by atoms with van der Waals surface area (Å²) in [5.74, 6) is 0.140. The summed E-state index contributed by atoms with van der Waals surface area (Å²) in [4.78, 5) is 17.3. The number of methoxy groups -OCH3 is 1. The second kappa shape index (κ2) is 7.75. The Morgan fingerprint density at radius 3 is 2.55 bits per heavy atom. The van der Waals surface area contributed by atoms with E-state index in [2.05, 4.69) is 27.5 Å². The number of anilines is 1. The maximum atomic E-state index is 12.9. The molecule has 0 aliphatic carbocycles. The van der Waals surface area contributed by atoms with Crippen molar-refractivity contribution in [3.05, 3.63) is 83.3 Å². The van der Waals surface area contributed by atoms with Crippen molar-refractivity contribution in [3.8, 4) is 5.88 Å². The van der Waals surface area contributed by atoms with Crippen LogP contribution in [0.5, 0.6) is 5.88 Å². The maximum Gasteiger partial charge on any atom is 0.274 e. The molecule has 2 heterocycles. The highest BCUT2D eigenvalue weighted by Crippen LogP contribution is 2.26. The van der Waals surface area contributed by atoms with Crippen molar-refractivity contribution in [2.45, 2.75) is 20.4 Å². The fraction of sp³-hybridized carbons (Fsp3) is 0.174. The van der Waals surface area contributed by atoms with Gasteiger partial charge in [-0.3, -0.25) is 9.48 Å². The van der Waals surface area contributed by atoms with E-state index in [0.29, 0.717) is 23.8 Å². The van der Waals surface area contributed by atoms with Crippen molar-refractivity contribution >= 4 is 22.4 Å². The summed E-state index contributed by atoms with van der Waals surface area (Å²) < 4.78 is 7.28. The third kappa shape index (κ3) is 3.69. The number of nitrogens with one attached hydrogen (secondary N) is 1. The molecule has 0 unspecified atom stereocenters. The molecule has 4 aromatic rings. The van der Waals surface area contributed by atoms with Crippen molar-refractivity contribution < 1.29 is 9.53 Å². The zero-order valence-corrected chi connectivity index (χ0v) is 16.6. The van der Waals surface area contributed by atoms with Crippen LogP contribution in [0.25, 0.3) is 10.8 Å². The first-order valence-corrected chi connectivity index (χ1v) is 9.40. The normalized spacial score (nSPS) is 10.9. The molecule has 1 N–H and O–H groups in total. The van der Waals surface area contributed by atoms with Gasteiger partial charge in [0.1, 0.15) is 5.69 Å². The Bertz CT molecular complexity index is 1180. The van der Waals surface area contributed by atoms with Crippen LogP contribution in [0.3, 0.4) is 0 Å². The lowest BCUT2D eigenvalue weighted by atomic mass is 10.1. The lowest BCUT2D eigenvalue weighted by molar-refractivity contribution is 0.102. The van der Waals surface area contributed by atoms with Gasteiger partial charge in [0.05, 0.1) is 30.7 Å². The number of hydrogen-bond acceptors (Lipinski definition) is 4. The number of ether oxygens (including phenoxy) is 1. The first-order valence-electron chi connectivity index (χ1n) is 9.40. The molecule has 6 nitrogen and oxygen atoms in total. The van der Waals surface area contributed by atoms with Gasteiger partial charge in [-0.15, -0.1) is 0 Å². The molecule has 0 bridgehead atoms. The first kappa shape index (κ1) is 18.7. The van der Waals surface area contributed by atoms with E-state index < -0.39 is 0 Å². The average Bonchev–Trinajstić information content (AvgIpc) is 3.00. The van der Waals surface area contributed by atoms with Gasteiger partial charge >= 0.3 is 0 Å². The van der Waals surface area contributed by atoms with Crippen molar-refractivity contribution in [2.24, 2.45) is 0 Å². The van der Waals surface area contributed by atoms with Crippen LogP contribution in [-0.4, -0.2) is 27.8 Å². The van der Waals surface area contributed by atoms with Crippen LogP contribution in [-0.2, 0) is 6.54 Å². The van der Waals surface area contributed by atoms with Crippen LogP contribution in [0.1, 0.15) is 27.4 Å². The summed E-state index contributed by atoms with van der Waals surface area (Å²) in [7, 11) is 1.55. The molecule has 146 valence electrons. The largest absolute Gasteiger partial charge is 0.481 e. The number of aryl methyl sites for hydroxylation is 1. The van der Waals surface area contributed by atoms with Crippen LogP contribution in [0.2, 0.25) is 0 Å². The number of fused-ring (bicyclic) bond motifs is 1. The van der Waals surface area contributed by atoms with Gasteiger partial charge in [0.25, 0.3) is 5.91 Å². The standard InChI is InChI=1S/C23H22N4O2/c1-15-21(16(2)27(26-15)14-17-9-5-4-6-10-17)25-22(28)20-13-18-11-7-8-12-19(18)23(24-20)29-3/h4-13H,14H2,1-3H3,(H,25,28). The second-order valence-electron chi connectivity index (χ2n) is 6.88. The Balaban J connectivity index is 1.63. The van der Waals surface area contributed by atoms with Gasteiger partial charge in [-0.2, -0.15) is 5.10 Å². The summed E-state index contributed by atoms with van der Waals surface area (Å²) in [6.45, 7) is 4.48. The molecule has 0 saturated carbocycles. The molecule has 29 heavy (non-hydrogen) atoms. The van der Waals surface area contributed by atoms with Gasteiger partial charge in [-0.1, -0.05) is 48.5 Å². The second-order valence-corrected chi connectivity index (χ2v) is 6.88. The topological polar surface area (TPSA) is 69.0 Å². The molecule has 6 heteroatoms. The summed E-state index contributed by atoms with van der Waals surface area (Å²) in [6.07, 6.45) is 0. The molecule has 0 atom stereocenters. The molecule has 2 aromatic carbocycles. The fourth-order valence-corrected chi connectivity index (χ4v) is 3.40. The third-order valence-electron chi connectivity index (χ3n) is 4.93. The van der Waals surface area contributed by atoms with Crippen LogP contribution in [0.4, 0.5) is 5.69 Å². The van der Waals surface area contributed by atoms with E-state index in [1.54, 1.807) is 13.2 Å². The van der Waals surface area contributed by atoms with Crippen LogP contribution in [0.15, 0.2) is 60.7 Å². The van der Waals surface area contributed by atoms with Gasteiger partial charge in [0.15, 0.2) is 0 Å². The van der Waals surface area contributed by atoms with E-state index in [1.165, 1.54) is 0 Å². The van der Waals surface area contributed by atoms with Gasteiger partial charge < -0.3 is 10.1 Å². The summed E-state index contributed by atoms with van der Waals surface area (Å²) >= 11 is 0. The van der Waals surface area contributed by atoms with Gasteiger partial charge in [0, 0.05) is 5.39 Å². The summed E-state index contributed by atoms with van der Waals surface area (Å²) in [6, 6.07) is 19.6. The minimum atomic E-state index is -0.292. The molecule has 0 aliphatic rings. The SMILES string of the molecule is COc1nc(C(=O)Nc2c(C)nn(Cc3ccccc3)c2C)cc2ccccc12. The Labute approximate surface area is 169 Å². The number of carbonyl (C=O) groups is 1. The monoisotopic (exact) mass is 386 g/mol. The van der Waals surface area contributed by atoms with E-state index in [1.807, 2.05) is 61.0 Å². The van der Waals surface area contributed by atoms with E-state index in [0.717, 1.165) is 27.7 Å². The number of benzene rings is 2. The molecule has 0 fully saturated rings. The number of hydrogen-bond donors (Lipinski definition) is 1. The Hall–Kier alpha value is -3.67. The van der Waals surface area contributed by atoms with E-state index in [4.69, 9.17) is 4.74 Å². The van der Waals surface area contributed by atoms with Crippen molar-refractivity contribution in [1.29, 1.82) is 0 Å². The Morgan fingerprint density at radius 2 is 1.79 bits per heavy atom. The zero-order chi connectivity index (χ0) is 20.4. The molecule has 0 saturated heterocycles. The number of aromatic nitrogens is 3. The number of nitrogens with zero attached hydrogens (tertiary/aromatic N) is 3. The van der Waals surface area contributed by atoms with Crippen LogP contribution in [0, 0.1) is 13.8 Å². The summed E-state index contributed by atoms with van der Waals surface area (Å²) in [5.41, 5.74) is 3.82. The highest BCUT2D eigenvalue weighted by molar-refractivity contribution is 6.06.